The van der Waals surface area contributed by atoms with Crippen LogP contribution in [0.3, 0.4) is 0 Å². The molecule has 1 saturated heterocycles. The SMILES string of the molecule is CCC1CN(CC(C)NC)CCO1. The smallest absolute Gasteiger partial charge is 0.0700 e. The van der Waals surface area contributed by atoms with Crippen molar-refractivity contribution in [3.05, 3.63) is 0 Å². The minimum atomic E-state index is 0.456. The van der Waals surface area contributed by atoms with Crippen molar-refractivity contribution in [1.82, 2.24) is 10.2 Å². The highest BCUT2D eigenvalue weighted by molar-refractivity contribution is 4.73. The molecule has 0 spiro atoms. The van der Waals surface area contributed by atoms with Gasteiger partial charge in [-0.2, -0.15) is 0 Å². The third-order valence-corrected chi connectivity index (χ3v) is 2.70. The summed E-state index contributed by atoms with van der Waals surface area (Å²) in [5.74, 6) is 0. The zero-order valence-electron chi connectivity index (χ0n) is 9.05. The fraction of sp³-hybridized carbons (Fsp3) is 1.00. The second-order valence-electron chi connectivity index (χ2n) is 3.85. The summed E-state index contributed by atoms with van der Waals surface area (Å²) >= 11 is 0. The lowest BCUT2D eigenvalue weighted by molar-refractivity contribution is -0.0314. The molecule has 1 heterocycles. The van der Waals surface area contributed by atoms with E-state index in [0.29, 0.717) is 12.1 Å². The molecule has 3 heteroatoms. The summed E-state index contributed by atoms with van der Waals surface area (Å²) in [6, 6.07) is 0.579. The van der Waals surface area contributed by atoms with E-state index in [4.69, 9.17) is 4.74 Å². The molecule has 0 aromatic heterocycles. The first-order chi connectivity index (χ1) is 6.26. The van der Waals surface area contributed by atoms with E-state index in [9.17, 15) is 0 Å². The van der Waals surface area contributed by atoms with Crippen molar-refractivity contribution in [2.45, 2.75) is 32.4 Å². The molecule has 1 N–H and O–H groups in total. The Morgan fingerprint density at radius 1 is 1.62 bits per heavy atom. The number of hydrogen-bond donors (Lipinski definition) is 1. The molecule has 0 aromatic rings. The zero-order valence-corrected chi connectivity index (χ0v) is 9.05. The molecule has 3 nitrogen and oxygen atoms in total. The van der Waals surface area contributed by atoms with Crippen molar-refractivity contribution >= 4 is 0 Å². The molecule has 2 atom stereocenters. The summed E-state index contributed by atoms with van der Waals surface area (Å²) < 4.78 is 5.61. The van der Waals surface area contributed by atoms with Crippen molar-refractivity contribution in [3.8, 4) is 0 Å². The Bertz CT molecular complexity index is 139. The summed E-state index contributed by atoms with van der Waals surface area (Å²) in [6.45, 7) is 8.63. The molecule has 0 amide bonds. The molecule has 1 aliphatic rings. The highest BCUT2D eigenvalue weighted by Gasteiger charge is 2.19. The second kappa shape index (κ2) is 5.58. The molecule has 2 unspecified atom stereocenters. The van der Waals surface area contributed by atoms with Crippen LogP contribution in [0.5, 0.6) is 0 Å². The van der Waals surface area contributed by atoms with E-state index >= 15 is 0 Å². The predicted molar refractivity (Wildman–Crippen MR) is 55.0 cm³/mol. The van der Waals surface area contributed by atoms with Crippen LogP contribution in [0.1, 0.15) is 20.3 Å². The number of nitrogens with one attached hydrogen (secondary N) is 1. The van der Waals surface area contributed by atoms with Crippen LogP contribution < -0.4 is 5.32 Å². The third kappa shape index (κ3) is 3.63. The van der Waals surface area contributed by atoms with Crippen molar-refractivity contribution in [1.29, 1.82) is 0 Å². The lowest BCUT2D eigenvalue weighted by Gasteiger charge is -2.33. The monoisotopic (exact) mass is 186 g/mol. The quantitative estimate of drug-likeness (QED) is 0.699. The Balaban J connectivity index is 2.25. The van der Waals surface area contributed by atoms with E-state index in [-0.39, 0.29) is 0 Å². The Labute approximate surface area is 81.4 Å². The number of morpholine rings is 1. The van der Waals surface area contributed by atoms with E-state index in [0.717, 1.165) is 32.7 Å². The van der Waals surface area contributed by atoms with Crippen LogP contribution in [-0.2, 0) is 4.74 Å². The van der Waals surface area contributed by atoms with Crippen molar-refractivity contribution in [3.63, 3.8) is 0 Å². The molecule has 78 valence electrons. The molecule has 0 radical (unpaired) electrons. The maximum absolute atomic E-state index is 5.61. The van der Waals surface area contributed by atoms with E-state index in [2.05, 4.69) is 24.1 Å². The van der Waals surface area contributed by atoms with Crippen LogP contribution in [0, 0.1) is 0 Å². The molecule has 0 saturated carbocycles. The van der Waals surface area contributed by atoms with Gasteiger partial charge in [-0.1, -0.05) is 6.92 Å². The van der Waals surface area contributed by atoms with E-state index < -0.39 is 0 Å². The number of nitrogens with zero attached hydrogens (tertiary/aromatic N) is 1. The van der Waals surface area contributed by atoms with Crippen molar-refractivity contribution in [2.24, 2.45) is 0 Å². The summed E-state index contributed by atoms with van der Waals surface area (Å²) in [6.07, 6.45) is 1.59. The van der Waals surface area contributed by atoms with E-state index in [1.807, 2.05) is 7.05 Å². The fourth-order valence-electron chi connectivity index (χ4n) is 1.67. The number of likely N-dealkylation sites (N-methyl/N-ethyl adjacent to an activating group) is 1. The number of ether oxygens (including phenoxy) is 1. The molecule has 1 fully saturated rings. The summed E-state index contributed by atoms with van der Waals surface area (Å²) in [5.41, 5.74) is 0. The van der Waals surface area contributed by atoms with Gasteiger partial charge in [-0.05, 0) is 20.4 Å². The molecule has 0 bridgehead atoms. The van der Waals surface area contributed by atoms with Crippen LogP contribution in [0.2, 0.25) is 0 Å². The number of rotatable bonds is 4. The third-order valence-electron chi connectivity index (χ3n) is 2.70. The Kier molecular flexibility index (Phi) is 4.70. The summed E-state index contributed by atoms with van der Waals surface area (Å²) in [4.78, 5) is 2.48. The normalized spacial score (nSPS) is 27.5. The van der Waals surface area contributed by atoms with Gasteiger partial charge >= 0.3 is 0 Å². The number of hydrogen-bond acceptors (Lipinski definition) is 3. The molecule has 1 rings (SSSR count). The largest absolute Gasteiger partial charge is 0.376 e. The molecular formula is C10H22N2O. The Morgan fingerprint density at radius 2 is 2.38 bits per heavy atom. The molecule has 0 aromatic carbocycles. The van der Waals surface area contributed by atoms with Crippen LogP contribution in [0.25, 0.3) is 0 Å². The molecule has 13 heavy (non-hydrogen) atoms. The van der Waals surface area contributed by atoms with Crippen LogP contribution >= 0.6 is 0 Å². The van der Waals surface area contributed by atoms with Gasteiger partial charge in [0.25, 0.3) is 0 Å². The van der Waals surface area contributed by atoms with Gasteiger partial charge < -0.3 is 10.1 Å². The first-order valence-electron chi connectivity index (χ1n) is 5.27. The molecular weight excluding hydrogens is 164 g/mol. The van der Waals surface area contributed by atoms with Crippen LogP contribution in [-0.4, -0.2) is 50.3 Å². The fourth-order valence-corrected chi connectivity index (χ4v) is 1.67. The Morgan fingerprint density at radius 3 is 3.00 bits per heavy atom. The van der Waals surface area contributed by atoms with Gasteiger partial charge in [0, 0.05) is 25.7 Å². The first kappa shape index (κ1) is 11.0. The van der Waals surface area contributed by atoms with Gasteiger partial charge in [-0.15, -0.1) is 0 Å². The minimum Gasteiger partial charge on any atom is -0.376 e. The maximum atomic E-state index is 5.61. The van der Waals surface area contributed by atoms with Gasteiger partial charge in [0.2, 0.25) is 0 Å². The highest BCUT2D eigenvalue weighted by Crippen LogP contribution is 2.08. The lowest BCUT2D eigenvalue weighted by atomic mass is 10.2. The van der Waals surface area contributed by atoms with Crippen molar-refractivity contribution < 1.29 is 4.74 Å². The Hall–Kier alpha value is -0.120. The minimum absolute atomic E-state index is 0.456. The van der Waals surface area contributed by atoms with Crippen LogP contribution in [0.15, 0.2) is 0 Å². The lowest BCUT2D eigenvalue weighted by Crippen LogP contribution is -2.47. The van der Waals surface area contributed by atoms with E-state index in [1.54, 1.807) is 0 Å². The topological polar surface area (TPSA) is 24.5 Å². The molecule has 1 aliphatic heterocycles. The first-order valence-corrected chi connectivity index (χ1v) is 5.27. The zero-order chi connectivity index (χ0) is 9.68. The standard InChI is InChI=1S/C10H22N2O/c1-4-10-8-12(5-6-13-10)7-9(2)11-3/h9-11H,4-8H2,1-3H3. The van der Waals surface area contributed by atoms with Gasteiger partial charge in [0.15, 0.2) is 0 Å². The average molecular weight is 186 g/mol. The summed E-state index contributed by atoms with van der Waals surface area (Å²) in [7, 11) is 2.02. The predicted octanol–water partition coefficient (Wildman–Crippen LogP) is 0.705. The van der Waals surface area contributed by atoms with Gasteiger partial charge in [0.05, 0.1) is 12.7 Å². The average Bonchev–Trinajstić information content (AvgIpc) is 2.18. The maximum Gasteiger partial charge on any atom is 0.0700 e. The van der Waals surface area contributed by atoms with Gasteiger partial charge in [0.1, 0.15) is 0 Å². The second-order valence-corrected chi connectivity index (χ2v) is 3.85. The van der Waals surface area contributed by atoms with Crippen molar-refractivity contribution in [2.75, 3.05) is 33.3 Å². The molecule has 0 aliphatic carbocycles. The van der Waals surface area contributed by atoms with Crippen LogP contribution in [0.4, 0.5) is 0 Å². The highest BCUT2D eigenvalue weighted by atomic mass is 16.5. The van der Waals surface area contributed by atoms with Gasteiger partial charge in [-0.3, -0.25) is 4.90 Å². The van der Waals surface area contributed by atoms with Gasteiger partial charge in [-0.25, -0.2) is 0 Å². The van der Waals surface area contributed by atoms with E-state index in [1.165, 1.54) is 0 Å². The summed E-state index contributed by atoms with van der Waals surface area (Å²) in [5, 5.41) is 3.26.